The maximum Gasteiger partial charge on any atom is 0.161 e. The van der Waals surface area contributed by atoms with Crippen molar-refractivity contribution in [3.05, 3.63) is 89.5 Å². The van der Waals surface area contributed by atoms with Crippen LogP contribution in [0.4, 0.5) is 5.82 Å². The second kappa shape index (κ2) is 9.97. The summed E-state index contributed by atoms with van der Waals surface area (Å²) >= 11 is 5.97. The molecule has 0 aliphatic carbocycles. The number of aromatic nitrogens is 4. The number of rotatable bonds is 7. The van der Waals surface area contributed by atoms with Gasteiger partial charge in [0.05, 0.1) is 17.3 Å². The molecule has 0 spiro atoms. The monoisotopic (exact) mass is 515 g/mol. The van der Waals surface area contributed by atoms with E-state index in [1.54, 1.807) is 0 Å². The van der Waals surface area contributed by atoms with Crippen LogP contribution >= 0.6 is 11.6 Å². The molecular weight excluding hydrogens is 490 g/mol. The molecule has 2 aromatic carbocycles. The van der Waals surface area contributed by atoms with Gasteiger partial charge in [0.2, 0.25) is 0 Å². The van der Waals surface area contributed by atoms with Gasteiger partial charge in [0.25, 0.3) is 0 Å². The fraction of sp³-hybridized carbons (Fsp3) is 0.250. The first-order valence-corrected chi connectivity index (χ1v) is 12.5. The summed E-state index contributed by atoms with van der Waals surface area (Å²) in [4.78, 5) is 13.4. The maximum atomic E-state index is 10.7. The largest absolute Gasteiger partial charge is 0.491 e. The summed E-state index contributed by atoms with van der Waals surface area (Å²) in [7, 11) is 0. The van der Waals surface area contributed by atoms with Crippen molar-refractivity contribution >= 4 is 39.4 Å². The van der Waals surface area contributed by atoms with Crippen molar-refractivity contribution in [2.24, 2.45) is 0 Å². The Balaban J connectivity index is 1.11. The second-order valence-corrected chi connectivity index (χ2v) is 9.65. The average Bonchev–Trinajstić information content (AvgIpc) is 3.50. The number of aliphatic hydroxyl groups is 1. The lowest BCUT2D eigenvalue weighted by molar-refractivity contribution is -0.0454. The van der Waals surface area contributed by atoms with Crippen molar-refractivity contribution < 1.29 is 14.6 Å². The van der Waals surface area contributed by atoms with E-state index in [9.17, 15) is 5.11 Å². The number of benzene rings is 2. The minimum absolute atomic E-state index is 0.253. The fourth-order valence-corrected chi connectivity index (χ4v) is 4.79. The van der Waals surface area contributed by atoms with E-state index in [2.05, 4.69) is 15.3 Å². The van der Waals surface area contributed by atoms with Gasteiger partial charge in [-0.25, -0.2) is 15.0 Å². The van der Waals surface area contributed by atoms with Gasteiger partial charge < -0.3 is 24.5 Å². The Morgan fingerprint density at radius 1 is 1.11 bits per heavy atom. The Labute approximate surface area is 218 Å². The number of aliphatic hydroxyl groups excluding tert-OH is 1. The van der Waals surface area contributed by atoms with Gasteiger partial charge in [-0.05, 0) is 55.0 Å². The number of ether oxygens (including phenoxy) is 2. The van der Waals surface area contributed by atoms with E-state index >= 15 is 0 Å². The van der Waals surface area contributed by atoms with Crippen molar-refractivity contribution in [2.45, 2.75) is 38.3 Å². The Morgan fingerprint density at radius 2 is 1.95 bits per heavy atom. The van der Waals surface area contributed by atoms with Crippen LogP contribution in [-0.4, -0.2) is 43.4 Å². The van der Waals surface area contributed by atoms with E-state index < -0.39 is 12.3 Å². The number of hydrogen-bond donors (Lipinski definition) is 2. The van der Waals surface area contributed by atoms with E-state index in [0.29, 0.717) is 25.3 Å². The van der Waals surface area contributed by atoms with Gasteiger partial charge in [0.15, 0.2) is 6.23 Å². The summed E-state index contributed by atoms with van der Waals surface area (Å²) in [5, 5.41) is 16.7. The highest BCUT2D eigenvalue weighted by Crippen LogP contribution is 2.32. The maximum absolute atomic E-state index is 10.7. The van der Waals surface area contributed by atoms with Gasteiger partial charge in [0, 0.05) is 41.0 Å². The molecule has 6 rings (SSSR count). The first kappa shape index (κ1) is 23.7. The first-order chi connectivity index (χ1) is 18.0. The van der Waals surface area contributed by atoms with Crippen LogP contribution in [0.2, 0.25) is 5.02 Å². The number of fused-ring (bicyclic) bond motifs is 2. The third-order valence-corrected chi connectivity index (χ3v) is 6.89. The molecule has 188 valence electrons. The summed E-state index contributed by atoms with van der Waals surface area (Å²) in [6, 6.07) is 19.5. The van der Waals surface area contributed by atoms with Crippen molar-refractivity contribution in [1.29, 1.82) is 0 Å². The van der Waals surface area contributed by atoms with Crippen LogP contribution in [0.15, 0.2) is 73.2 Å². The van der Waals surface area contributed by atoms with E-state index in [-0.39, 0.29) is 6.10 Å². The van der Waals surface area contributed by atoms with Gasteiger partial charge >= 0.3 is 0 Å². The summed E-state index contributed by atoms with van der Waals surface area (Å²) in [5.41, 5.74) is 3.59. The lowest BCUT2D eigenvalue weighted by atomic mass is 10.2. The van der Waals surface area contributed by atoms with Crippen molar-refractivity contribution in [3.8, 4) is 5.75 Å². The predicted octanol–water partition coefficient (Wildman–Crippen LogP) is 5.28. The molecule has 37 heavy (non-hydrogen) atoms. The van der Waals surface area contributed by atoms with Gasteiger partial charge in [-0.2, -0.15) is 0 Å². The molecular formula is C28H26ClN5O3. The summed E-state index contributed by atoms with van der Waals surface area (Å²) in [6.45, 7) is 2.91. The number of nitrogens with zero attached hydrogens (tertiary/aromatic N) is 4. The number of pyridine rings is 1. The molecule has 1 fully saturated rings. The normalized spacial score (nSPS) is 19.5. The summed E-state index contributed by atoms with van der Waals surface area (Å²) < 4.78 is 14.1. The topological polar surface area (TPSA) is 94.3 Å². The fourth-order valence-electron chi connectivity index (χ4n) is 4.66. The minimum atomic E-state index is -0.660. The van der Waals surface area contributed by atoms with Crippen molar-refractivity contribution in [2.75, 3.05) is 11.9 Å². The average molecular weight is 516 g/mol. The van der Waals surface area contributed by atoms with E-state index in [1.807, 2.05) is 78.4 Å². The Kier molecular flexibility index (Phi) is 6.38. The molecule has 1 aliphatic rings. The predicted molar refractivity (Wildman–Crippen MR) is 143 cm³/mol. The third kappa shape index (κ3) is 4.96. The van der Waals surface area contributed by atoms with E-state index in [0.717, 1.165) is 44.0 Å². The van der Waals surface area contributed by atoms with Gasteiger partial charge in [-0.3, -0.25) is 0 Å². The van der Waals surface area contributed by atoms with Crippen molar-refractivity contribution in [3.63, 3.8) is 0 Å². The number of halogens is 1. The molecule has 3 aromatic heterocycles. The Bertz CT molecular complexity index is 1560. The number of anilines is 1. The van der Waals surface area contributed by atoms with Crippen LogP contribution in [0, 0.1) is 6.92 Å². The lowest BCUT2D eigenvalue weighted by Crippen LogP contribution is -2.19. The molecule has 5 aromatic rings. The van der Waals surface area contributed by atoms with Crippen LogP contribution in [0.25, 0.3) is 21.9 Å². The standard InChI is InChI=1S/C28H26ClN5O3/c1-17-23-10-11-34(27(23)32-16-31-17)28-25(35)13-22(37-28)15-36-21-8-4-19-5-9-26(33-24(19)12-21)30-14-18-2-6-20(29)7-3-18/h2-12,16,22,25,28,35H,13-15H2,1H3,(H,30,33)/t22-,25+,28+/m0/s1. The highest BCUT2D eigenvalue weighted by molar-refractivity contribution is 6.30. The quantitative estimate of drug-likeness (QED) is 0.304. The zero-order chi connectivity index (χ0) is 25.4. The molecule has 9 heteroatoms. The molecule has 0 unspecified atom stereocenters. The molecule has 4 heterocycles. The molecule has 0 saturated carbocycles. The van der Waals surface area contributed by atoms with Crippen molar-refractivity contribution in [1.82, 2.24) is 19.5 Å². The second-order valence-electron chi connectivity index (χ2n) is 9.21. The summed E-state index contributed by atoms with van der Waals surface area (Å²) in [6.07, 6.45) is 2.45. The number of nitrogens with one attached hydrogen (secondary N) is 1. The first-order valence-electron chi connectivity index (χ1n) is 12.2. The van der Waals surface area contributed by atoms with Gasteiger partial charge in [0.1, 0.15) is 36.3 Å². The minimum Gasteiger partial charge on any atom is -0.491 e. The van der Waals surface area contributed by atoms with Crippen LogP contribution in [0.3, 0.4) is 0 Å². The molecule has 1 aliphatic heterocycles. The zero-order valence-corrected chi connectivity index (χ0v) is 21.0. The Morgan fingerprint density at radius 3 is 2.81 bits per heavy atom. The van der Waals surface area contributed by atoms with E-state index in [4.69, 9.17) is 26.1 Å². The molecule has 2 N–H and O–H groups in total. The third-order valence-electron chi connectivity index (χ3n) is 6.63. The number of hydrogen-bond acceptors (Lipinski definition) is 7. The molecule has 1 saturated heterocycles. The molecule has 0 radical (unpaired) electrons. The SMILES string of the molecule is Cc1ncnc2c1ccn2[C@@H]1O[C@H](COc2ccc3ccc(NCc4ccc(Cl)cc4)nc3c2)C[C@H]1O. The molecule has 8 nitrogen and oxygen atoms in total. The highest BCUT2D eigenvalue weighted by atomic mass is 35.5. The Hall–Kier alpha value is -3.72. The zero-order valence-electron chi connectivity index (χ0n) is 20.2. The van der Waals surface area contributed by atoms with Crippen LogP contribution in [-0.2, 0) is 11.3 Å². The lowest BCUT2D eigenvalue weighted by Gasteiger charge is -2.18. The van der Waals surface area contributed by atoms with Crippen LogP contribution in [0.1, 0.15) is 23.9 Å². The molecule has 0 bridgehead atoms. The van der Waals surface area contributed by atoms with Crippen LogP contribution in [0.5, 0.6) is 5.75 Å². The molecule has 3 atom stereocenters. The molecule has 0 amide bonds. The van der Waals surface area contributed by atoms with E-state index in [1.165, 1.54) is 6.33 Å². The van der Waals surface area contributed by atoms with Crippen LogP contribution < -0.4 is 10.1 Å². The highest BCUT2D eigenvalue weighted by Gasteiger charge is 2.36. The summed E-state index contributed by atoms with van der Waals surface area (Å²) in [5.74, 6) is 1.48. The number of aryl methyl sites for hydroxylation is 1. The van der Waals surface area contributed by atoms with Gasteiger partial charge in [-0.15, -0.1) is 0 Å². The smallest absolute Gasteiger partial charge is 0.161 e. The van der Waals surface area contributed by atoms with Gasteiger partial charge in [-0.1, -0.05) is 23.7 Å².